The van der Waals surface area contributed by atoms with Gasteiger partial charge in [-0.15, -0.1) is 0 Å². The molecule has 1 aliphatic rings. The van der Waals surface area contributed by atoms with Gasteiger partial charge in [-0.25, -0.2) is 13.7 Å². The number of ether oxygens (including phenoxy) is 2. The first kappa shape index (κ1) is 77.7. The van der Waals surface area contributed by atoms with E-state index in [-0.39, 0.29) is 39.3 Å². The van der Waals surface area contributed by atoms with Crippen LogP contribution in [-0.4, -0.2) is 88.1 Å². The molecule has 4 aromatic carbocycles. The van der Waals surface area contributed by atoms with Crippen molar-refractivity contribution in [3.05, 3.63) is 144 Å². The van der Waals surface area contributed by atoms with Gasteiger partial charge in [-0.1, -0.05) is 289 Å². The van der Waals surface area contributed by atoms with Crippen LogP contribution in [0.1, 0.15) is 216 Å². The van der Waals surface area contributed by atoms with Crippen LogP contribution < -0.4 is 0 Å². The Morgan fingerprint density at radius 1 is 0.374 bits per heavy atom. The standard InChI is InChI=1S/C69H105O19P3/c1-3-5-7-9-11-13-15-17-19-21-23-25-39-49-62(70)79-55-61(85-63(71)50-40-26-24-22-20-18-16-14-12-10-8-6-4-2)56-80-89(75,76)86-67-64(72)68(87-90(77,81-51-57-41-31-27-32-42-57)82-52-58-43-33-28-34-44-58)66(74)69(65(67)73)88-91(78,83-53-59-45-35-29-36-46-59)84-54-60-47-37-30-38-48-60/h27-38,41-48,61,64-69,72-74H,3-26,39-40,49-56H2,1-2H3,(H,75,76)/t61-,64+,65+,66?,67?,68-,69+/m1/s1. The predicted octanol–water partition coefficient (Wildman–Crippen LogP) is 16.9. The van der Waals surface area contributed by atoms with Crippen molar-refractivity contribution >= 4 is 35.4 Å². The molecule has 1 aliphatic carbocycles. The molecule has 0 amide bonds. The molecule has 0 radical (unpaired) electrons. The number of rotatable bonds is 52. The van der Waals surface area contributed by atoms with Gasteiger partial charge in [0.05, 0.1) is 33.0 Å². The summed E-state index contributed by atoms with van der Waals surface area (Å²) in [6, 6.07) is 34.1. The fourth-order valence-electron chi connectivity index (χ4n) is 10.5. The molecule has 8 atom stereocenters. The number of esters is 2. The van der Waals surface area contributed by atoms with E-state index in [1.54, 1.807) is 121 Å². The lowest BCUT2D eigenvalue weighted by atomic mass is 9.85. The second kappa shape index (κ2) is 45.4. The summed E-state index contributed by atoms with van der Waals surface area (Å²) in [5, 5.41) is 36.5. The lowest BCUT2D eigenvalue weighted by molar-refractivity contribution is -0.215. The summed E-state index contributed by atoms with van der Waals surface area (Å²) in [5.41, 5.74) is 2.10. The van der Waals surface area contributed by atoms with E-state index >= 15 is 0 Å². The molecule has 4 N–H and O–H groups in total. The van der Waals surface area contributed by atoms with Crippen molar-refractivity contribution in [2.24, 2.45) is 0 Å². The van der Waals surface area contributed by atoms with Gasteiger partial charge in [0.25, 0.3) is 0 Å². The number of phosphoric ester groups is 3. The molecule has 0 heterocycles. The molecule has 0 aliphatic heterocycles. The molecule has 19 nitrogen and oxygen atoms in total. The molecule has 0 bridgehead atoms. The molecular weight excluding hydrogens is 1230 g/mol. The number of benzene rings is 4. The van der Waals surface area contributed by atoms with Crippen LogP contribution in [0.3, 0.4) is 0 Å². The quantitative estimate of drug-likeness (QED) is 0.0182. The molecule has 22 heteroatoms. The smallest absolute Gasteiger partial charge is 0.462 e. The van der Waals surface area contributed by atoms with E-state index in [4.69, 9.17) is 45.7 Å². The average molecular weight is 1330 g/mol. The monoisotopic (exact) mass is 1330 g/mol. The second-order valence-electron chi connectivity index (χ2n) is 23.7. The molecule has 3 unspecified atom stereocenters. The van der Waals surface area contributed by atoms with Gasteiger partial charge in [-0.3, -0.25) is 45.8 Å². The average Bonchev–Trinajstić information content (AvgIpc) is 0.781. The van der Waals surface area contributed by atoms with Crippen LogP contribution in [0.2, 0.25) is 0 Å². The Bertz CT molecular complexity index is 2460. The normalized spacial score (nSPS) is 18.8. The molecule has 1 saturated carbocycles. The highest BCUT2D eigenvalue weighted by molar-refractivity contribution is 7.48. The Labute approximate surface area is 541 Å². The molecule has 510 valence electrons. The van der Waals surface area contributed by atoms with Gasteiger partial charge >= 0.3 is 35.4 Å². The van der Waals surface area contributed by atoms with E-state index < -0.39 is 91.3 Å². The van der Waals surface area contributed by atoms with Crippen molar-refractivity contribution in [2.75, 3.05) is 13.2 Å². The van der Waals surface area contributed by atoms with Gasteiger partial charge < -0.3 is 29.7 Å². The number of aliphatic hydroxyl groups excluding tert-OH is 3. The van der Waals surface area contributed by atoms with E-state index in [0.29, 0.717) is 35.1 Å². The summed E-state index contributed by atoms with van der Waals surface area (Å²) in [5.74, 6) is -1.23. The maximum absolute atomic E-state index is 14.9. The maximum Gasteiger partial charge on any atom is 0.475 e. The van der Waals surface area contributed by atoms with Crippen molar-refractivity contribution < 1.29 is 89.2 Å². The van der Waals surface area contributed by atoms with Crippen molar-refractivity contribution in [3.63, 3.8) is 0 Å². The molecular formula is C69H105O19P3. The summed E-state index contributed by atoms with van der Waals surface area (Å²) in [6.45, 7) is 1.53. The van der Waals surface area contributed by atoms with Crippen molar-refractivity contribution in [1.82, 2.24) is 0 Å². The summed E-state index contributed by atoms with van der Waals surface area (Å²) in [4.78, 5) is 38.0. The highest BCUT2D eigenvalue weighted by atomic mass is 31.2. The minimum absolute atomic E-state index is 0.0159. The van der Waals surface area contributed by atoms with Crippen molar-refractivity contribution in [1.29, 1.82) is 0 Å². The summed E-state index contributed by atoms with van der Waals surface area (Å²) >= 11 is 0. The minimum Gasteiger partial charge on any atom is -0.462 e. The molecule has 5 rings (SSSR count). The van der Waals surface area contributed by atoms with E-state index in [0.717, 1.165) is 51.4 Å². The van der Waals surface area contributed by atoms with Crippen LogP contribution in [-0.2, 0) is 95.4 Å². The molecule has 0 saturated heterocycles. The van der Waals surface area contributed by atoms with Gasteiger partial charge in [-0.2, -0.15) is 0 Å². The van der Waals surface area contributed by atoms with E-state index in [9.17, 15) is 43.5 Å². The van der Waals surface area contributed by atoms with Gasteiger partial charge in [-0.05, 0) is 35.1 Å². The first-order valence-electron chi connectivity index (χ1n) is 33.5. The van der Waals surface area contributed by atoms with Gasteiger partial charge in [0.15, 0.2) is 6.10 Å². The summed E-state index contributed by atoms with van der Waals surface area (Å²) in [7, 11) is -15.5. The number of aliphatic hydroxyl groups is 3. The number of unbranched alkanes of at least 4 members (excludes halogenated alkanes) is 24. The number of phosphoric acid groups is 3. The number of carbonyl (C=O) groups excluding carboxylic acids is 2. The highest BCUT2D eigenvalue weighted by Crippen LogP contribution is 2.58. The molecule has 0 spiro atoms. The van der Waals surface area contributed by atoms with Gasteiger partial charge in [0.2, 0.25) is 0 Å². The second-order valence-corrected chi connectivity index (χ2v) is 28.3. The van der Waals surface area contributed by atoms with E-state index in [1.165, 1.54) is 103 Å². The molecule has 1 fully saturated rings. The van der Waals surface area contributed by atoms with Crippen LogP contribution in [0.25, 0.3) is 0 Å². The van der Waals surface area contributed by atoms with E-state index in [1.807, 2.05) is 0 Å². The highest BCUT2D eigenvalue weighted by Gasteiger charge is 2.58. The Hall–Kier alpha value is -3.97. The van der Waals surface area contributed by atoms with Crippen LogP contribution >= 0.6 is 23.5 Å². The fraction of sp³-hybridized carbons (Fsp3) is 0.623. The van der Waals surface area contributed by atoms with Gasteiger partial charge in [0, 0.05) is 12.8 Å². The molecule has 91 heavy (non-hydrogen) atoms. The van der Waals surface area contributed by atoms with Crippen LogP contribution in [0.4, 0.5) is 0 Å². The molecule has 0 aromatic heterocycles. The first-order valence-corrected chi connectivity index (χ1v) is 37.9. The van der Waals surface area contributed by atoms with Crippen LogP contribution in [0.15, 0.2) is 121 Å². The number of carbonyl (C=O) groups is 2. The zero-order valence-electron chi connectivity index (χ0n) is 53.9. The predicted molar refractivity (Wildman–Crippen MR) is 350 cm³/mol. The Kier molecular flexibility index (Phi) is 38.8. The lowest BCUT2D eigenvalue weighted by Crippen LogP contribution is -2.65. The summed E-state index contributed by atoms with van der Waals surface area (Å²) in [6.07, 6.45) is 13.8. The third-order valence-corrected chi connectivity index (χ3v) is 19.6. The number of hydrogen-bond acceptors (Lipinski definition) is 18. The van der Waals surface area contributed by atoms with Crippen molar-refractivity contribution in [3.8, 4) is 0 Å². The Balaban J connectivity index is 1.31. The molecule has 4 aromatic rings. The van der Waals surface area contributed by atoms with Gasteiger partial charge in [0.1, 0.15) is 43.2 Å². The topological polar surface area (TPSA) is 259 Å². The zero-order chi connectivity index (χ0) is 65.3. The Morgan fingerprint density at radius 3 is 0.956 bits per heavy atom. The minimum atomic E-state index is -5.57. The largest absolute Gasteiger partial charge is 0.475 e. The fourth-order valence-corrected chi connectivity index (χ4v) is 14.2. The van der Waals surface area contributed by atoms with Crippen molar-refractivity contribution in [2.45, 2.75) is 263 Å². The SMILES string of the molecule is CCCCCCCCCCCCCCCC(=O)OC[C@H](COP(=O)(O)OC1[C@H](O)[C@H](OP(=O)(OCc2ccccc2)OCc2ccccc2)C(O)[C@H](OP(=O)(OCc2ccccc2)OCc2ccccc2)[C@H]1O)OC(=O)CCCCCCCCCCCCCCC. The number of hydrogen-bond donors (Lipinski definition) is 4. The third-order valence-electron chi connectivity index (χ3n) is 15.8. The van der Waals surface area contributed by atoms with E-state index in [2.05, 4.69) is 13.8 Å². The van der Waals surface area contributed by atoms with Crippen LogP contribution in [0.5, 0.6) is 0 Å². The maximum atomic E-state index is 14.9. The Morgan fingerprint density at radius 2 is 0.648 bits per heavy atom. The third kappa shape index (κ3) is 32.8. The summed E-state index contributed by atoms with van der Waals surface area (Å²) < 4.78 is 101. The lowest BCUT2D eigenvalue weighted by Gasteiger charge is -2.45. The zero-order valence-corrected chi connectivity index (χ0v) is 56.6. The van der Waals surface area contributed by atoms with Crippen LogP contribution in [0, 0.1) is 0 Å². The first-order chi connectivity index (χ1) is 44.1.